The Labute approximate surface area is 186 Å². The lowest BCUT2D eigenvalue weighted by Gasteiger charge is -2.33. The average Bonchev–Trinajstić information content (AvgIpc) is 2.97. The maximum absolute atomic E-state index is 12.8. The van der Waals surface area contributed by atoms with E-state index in [-0.39, 0.29) is 36.3 Å². The van der Waals surface area contributed by atoms with E-state index in [1.54, 1.807) is 15.7 Å². The maximum atomic E-state index is 12.8. The van der Waals surface area contributed by atoms with Crippen LogP contribution in [-0.2, 0) is 19.1 Å². The summed E-state index contributed by atoms with van der Waals surface area (Å²) in [7, 11) is 3.04. The number of likely N-dealkylation sites (tertiary alicyclic amines) is 1. The van der Waals surface area contributed by atoms with Gasteiger partial charge in [-0.2, -0.15) is 0 Å². The first-order valence-corrected chi connectivity index (χ1v) is 12.9. The molecular formula is C20H34N2O6S2. The molecule has 0 aromatic carbocycles. The molecular weight excluding hydrogens is 428 g/mol. The number of hydrogen-bond acceptors (Lipinski definition) is 7. The topological polar surface area (TPSA) is 105 Å². The van der Waals surface area contributed by atoms with E-state index in [1.807, 2.05) is 20.8 Å². The fourth-order valence-electron chi connectivity index (χ4n) is 3.81. The zero-order valence-corrected chi connectivity index (χ0v) is 19.7. The molecule has 2 saturated heterocycles. The SMILES string of the molecule is CC(C)(C)OC(=O)N1CC2(CCOCC2)CC1CC(=O)NCCSSCCC(=O)O. The van der Waals surface area contributed by atoms with Crippen LogP contribution in [0.2, 0.25) is 0 Å². The van der Waals surface area contributed by atoms with E-state index in [9.17, 15) is 14.4 Å². The predicted molar refractivity (Wildman–Crippen MR) is 119 cm³/mol. The van der Waals surface area contributed by atoms with Crippen LogP contribution in [0, 0.1) is 5.41 Å². The number of carboxylic acids is 1. The second-order valence-electron chi connectivity index (χ2n) is 8.92. The Hall–Kier alpha value is -1.13. The minimum absolute atomic E-state index is 0.0106. The lowest BCUT2D eigenvalue weighted by Crippen LogP contribution is -2.43. The fourth-order valence-corrected chi connectivity index (χ4v) is 5.70. The first-order valence-electron chi connectivity index (χ1n) is 10.4. The van der Waals surface area contributed by atoms with Crippen molar-refractivity contribution in [1.82, 2.24) is 10.2 Å². The second-order valence-corrected chi connectivity index (χ2v) is 11.6. The Bertz CT molecular complexity index is 605. The van der Waals surface area contributed by atoms with Gasteiger partial charge in [-0.15, -0.1) is 0 Å². The van der Waals surface area contributed by atoms with E-state index in [1.165, 1.54) is 10.8 Å². The third-order valence-electron chi connectivity index (χ3n) is 5.21. The van der Waals surface area contributed by atoms with Crippen molar-refractivity contribution in [1.29, 1.82) is 0 Å². The van der Waals surface area contributed by atoms with Crippen molar-refractivity contribution in [2.75, 3.05) is 37.8 Å². The Morgan fingerprint density at radius 1 is 1.20 bits per heavy atom. The minimum Gasteiger partial charge on any atom is -0.481 e. The number of carbonyl (C=O) groups is 3. The van der Waals surface area contributed by atoms with Gasteiger partial charge in [0.2, 0.25) is 5.91 Å². The van der Waals surface area contributed by atoms with Crippen LogP contribution in [-0.4, -0.2) is 77.4 Å². The third-order valence-corrected chi connectivity index (χ3v) is 7.62. The molecule has 30 heavy (non-hydrogen) atoms. The number of nitrogens with one attached hydrogen (secondary N) is 1. The molecule has 2 heterocycles. The molecule has 2 N–H and O–H groups in total. The lowest BCUT2D eigenvalue weighted by atomic mass is 9.78. The molecule has 0 aliphatic carbocycles. The third kappa shape index (κ3) is 8.55. The van der Waals surface area contributed by atoms with Gasteiger partial charge in [0.05, 0.1) is 6.42 Å². The minimum atomic E-state index is -0.801. The molecule has 2 aliphatic heterocycles. The van der Waals surface area contributed by atoms with Crippen LogP contribution in [0.3, 0.4) is 0 Å². The van der Waals surface area contributed by atoms with Gasteiger partial charge in [-0.25, -0.2) is 4.79 Å². The molecule has 0 saturated carbocycles. The first-order chi connectivity index (χ1) is 14.1. The highest BCUT2D eigenvalue weighted by Crippen LogP contribution is 2.44. The molecule has 172 valence electrons. The van der Waals surface area contributed by atoms with Crippen molar-refractivity contribution < 1.29 is 29.0 Å². The van der Waals surface area contributed by atoms with Crippen LogP contribution in [0.15, 0.2) is 0 Å². The normalized spacial score (nSPS) is 20.9. The molecule has 0 aromatic rings. The number of ether oxygens (including phenoxy) is 2. The molecule has 10 heteroatoms. The maximum Gasteiger partial charge on any atom is 0.410 e. The summed E-state index contributed by atoms with van der Waals surface area (Å²) >= 11 is 0. The van der Waals surface area contributed by atoms with Crippen molar-refractivity contribution in [2.24, 2.45) is 5.41 Å². The number of carboxylic acid groups (broad SMARTS) is 1. The molecule has 2 amide bonds. The molecule has 2 rings (SSSR count). The summed E-state index contributed by atoms with van der Waals surface area (Å²) < 4.78 is 11.1. The van der Waals surface area contributed by atoms with Gasteiger partial charge in [0.1, 0.15) is 5.60 Å². The van der Waals surface area contributed by atoms with E-state index in [2.05, 4.69) is 5.32 Å². The highest BCUT2D eigenvalue weighted by Gasteiger charge is 2.48. The Balaban J connectivity index is 1.83. The summed E-state index contributed by atoms with van der Waals surface area (Å²) in [5, 5.41) is 11.5. The molecule has 2 aliphatic rings. The van der Waals surface area contributed by atoms with Crippen molar-refractivity contribution in [3.05, 3.63) is 0 Å². The van der Waals surface area contributed by atoms with Gasteiger partial charge in [0.15, 0.2) is 0 Å². The van der Waals surface area contributed by atoms with E-state index >= 15 is 0 Å². The number of rotatable bonds is 9. The van der Waals surface area contributed by atoms with E-state index in [4.69, 9.17) is 14.6 Å². The largest absolute Gasteiger partial charge is 0.481 e. The monoisotopic (exact) mass is 462 g/mol. The Kier molecular flexibility index (Phi) is 9.62. The molecule has 1 spiro atoms. The van der Waals surface area contributed by atoms with Crippen LogP contribution in [0.25, 0.3) is 0 Å². The van der Waals surface area contributed by atoms with Crippen LogP contribution >= 0.6 is 21.6 Å². The standard InChI is InChI=1S/C20H34N2O6S2/c1-19(2,3)28-18(26)22-14-20(5-8-27-9-6-20)13-15(22)12-16(23)21-7-11-30-29-10-4-17(24)25/h15H,4-14H2,1-3H3,(H,21,23)(H,24,25). The van der Waals surface area contributed by atoms with Crippen molar-refractivity contribution in [3.63, 3.8) is 0 Å². The quantitative estimate of drug-likeness (QED) is 0.398. The number of nitrogens with zero attached hydrogens (tertiary/aromatic N) is 1. The van der Waals surface area contributed by atoms with Crippen molar-refractivity contribution in [2.45, 2.75) is 64.5 Å². The predicted octanol–water partition coefficient (Wildman–Crippen LogP) is 3.16. The second kappa shape index (κ2) is 11.5. The van der Waals surface area contributed by atoms with Crippen LogP contribution < -0.4 is 5.32 Å². The zero-order chi connectivity index (χ0) is 22.2. The summed E-state index contributed by atoms with van der Waals surface area (Å²) in [6.45, 7) is 8.05. The van der Waals surface area contributed by atoms with Gasteiger partial charge in [0.25, 0.3) is 0 Å². The fraction of sp³-hybridized carbons (Fsp3) is 0.850. The van der Waals surface area contributed by atoms with Gasteiger partial charge in [-0.3, -0.25) is 9.59 Å². The summed E-state index contributed by atoms with van der Waals surface area (Å²) in [4.78, 5) is 37.5. The van der Waals surface area contributed by atoms with Crippen LogP contribution in [0.4, 0.5) is 4.79 Å². The summed E-state index contributed by atoms with van der Waals surface area (Å²) in [6.07, 6.45) is 2.64. The summed E-state index contributed by atoms with van der Waals surface area (Å²) in [6, 6.07) is -0.171. The summed E-state index contributed by atoms with van der Waals surface area (Å²) in [5.41, 5.74) is -0.568. The zero-order valence-electron chi connectivity index (χ0n) is 18.1. The summed E-state index contributed by atoms with van der Waals surface area (Å²) in [5.74, 6) is 0.378. The highest BCUT2D eigenvalue weighted by atomic mass is 33.1. The molecule has 8 nitrogen and oxygen atoms in total. The van der Waals surface area contributed by atoms with Gasteiger partial charge in [-0.05, 0) is 45.4 Å². The lowest BCUT2D eigenvalue weighted by molar-refractivity contribution is -0.136. The molecule has 0 aromatic heterocycles. The molecule has 1 unspecified atom stereocenters. The van der Waals surface area contributed by atoms with Gasteiger partial charge < -0.3 is 24.8 Å². The molecule has 2 fully saturated rings. The number of aliphatic carboxylic acids is 1. The van der Waals surface area contributed by atoms with Gasteiger partial charge in [0, 0.05) is 50.3 Å². The number of amides is 2. The highest BCUT2D eigenvalue weighted by molar-refractivity contribution is 8.76. The van der Waals surface area contributed by atoms with E-state index in [0.29, 0.717) is 37.8 Å². The van der Waals surface area contributed by atoms with E-state index in [0.717, 1.165) is 19.3 Å². The average molecular weight is 463 g/mol. The number of carbonyl (C=O) groups excluding carboxylic acids is 2. The van der Waals surface area contributed by atoms with Gasteiger partial charge >= 0.3 is 12.1 Å². The first kappa shape index (κ1) is 25.1. The number of hydrogen-bond donors (Lipinski definition) is 2. The van der Waals surface area contributed by atoms with Crippen LogP contribution in [0.1, 0.15) is 52.9 Å². The van der Waals surface area contributed by atoms with Crippen LogP contribution in [0.5, 0.6) is 0 Å². The molecule has 1 atom stereocenters. The van der Waals surface area contributed by atoms with Crippen molar-refractivity contribution in [3.8, 4) is 0 Å². The Morgan fingerprint density at radius 2 is 1.87 bits per heavy atom. The Morgan fingerprint density at radius 3 is 2.50 bits per heavy atom. The van der Waals surface area contributed by atoms with E-state index < -0.39 is 11.6 Å². The molecule has 0 radical (unpaired) electrons. The van der Waals surface area contributed by atoms with Gasteiger partial charge in [-0.1, -0.05) is 21.6 Å². The molecule has 0 bridgehead atoms. The smallest absolute Gasteiger partial charge is 0.410 e. The van der Waals surface area contributed by atoms with Crippen molar-refractivity contribution >= 4 is 39.6 Å².